The molecule has 0 amide bonds. The van der Waals surface area contributed by atoms with Crippen LogP contribution in [0.4, 0.5) is 5.69 Å². The van der Waals surface area contributed by atoms with Gasteiger partial charge in [-0.15, -0.1) is 0 Å². The summed E-state index contributed by atoms with van der Waals surface area (Å²) >= 11 is 0. The highest BCUT2D eigenvalue weighted by atomic mass is 16.5. The number of nitrogen functional groups attached to an aromatic ring is 1. The number of anilines is 1. The van der Waals surface area contributed by atoms with E-state index in [0.717, 1.165) is 26.1 Å². The third-order valence-corrected chi connectivity index (χ3v) is 3.03. The highest BCUT2D eigenvalue weighted by Gasteiger charge is 2.05. The molecule has 1 aromatic heterocycles. The van der Waals surface area contributed by atoms with Gasteiger partial charge in [0.2, 0.25) is 0 Å². The van der Waals surface area contributed by atoms with E-state index in [1.165, 1.54) is 6.07 Å². The smallest absolute Gasteiger partial charge is 0.250 e. The van der Waals surface area contributed by atoms with Gasteiger partial charge >= 0.3 is 0 Å². The minimum atomic E-state index is -0.0420. The van der Waals surface area contributed by atoms with Gasteiger partial charge in [-0.2, -0.15) is 5.26 Å². The molecule has 0 unspecified atom stereocenters. The van der Waals surface area contributed by atoms with Crippen molar-refractivity contribution in [1.29, 1.82) is 5.26 Å². The zero-order valence-corrected chi connectivity index (χ0v) is 11.9. The second-order valence-corrected chi connectivity index (χ2v) is 4.59. The Morgan fingerprint density at radius 3 is 2.90 bits per heavy atom. The highest BCUT2D eigenvalue weighted by molar-refractivity contribution is 5.33. The molecule has 1 rings (SSSR count). The van der Waals surface area contributed by atoms with Crippen molar-refractivity contribution in [3.63, 3.8) is 0 Å². The van der Waals surface area contributed by atoms with Gasteiger partial charge in [0.1, 0.15) is 0 Å². The van der Waals surface area contributed by atoms with Crippen LogP contribution in [-0.2, 0) is 11.3 Å². The van der Waals surface area contributed by atoms with Gasteiger partial charge < -0.3 is 15.0 Å². The van der Waals surface area contributed by atoms with Crippen LogP contribution in [0.15, 0.2) is 23.1 Å². The van der Waals surface area contributed by atoms with E-state index in [-0.39, 0.29) is 5.56 Å². The van der Waals surface area contributed by atoms with Gasteiger partial charge in [-0.05, 0) is 19.0 Å². The number of aromatic nitrogens is 1. The summed E-state index contributed by atoms with van der Waals surface area (Å²) in [7, 11) is 1.66. The molecule has 0 spiro atoms. The van der Waals surface area contributed by atoms with E-state index in [1.54, 1.807) is 23.9 Å². The van der Waals surface area contributed by atoms with E-state index in [0.29, 0.717) is 25.3 Å². The monoisotopic (exact) mass is 278 g/mol. The maximum atomic E-state index is 11.6. The van der Waals surface area contributed by atoms with E-state index < -0.39 is 0 Å². The molecule has 6 heteroatoms. The number of nitrogens with two attached hydrogens (primary N) is 1. The zero-order valence-electron chi connectivity index (χ0n) is 11.9. The Bertz CT molecular complexity index is 493. The molecular weight excluding hydrogens is 256 g/mol. The van der Waals surface area contributed by atoms with Crippen molar-refractivity contribution in [3.8, 4) is 6.07 Å². The van der Waals surface area contributed by atoms with Crippen LogP contribution in [0.5, 0.6) is 0 Å². The Hall–Kier alpha value is -1.84. The highest BCUT2D eigenvalue weighted by Crippen LogP contribution is 1.99. The molecule has 0 saturated carbocycles. The van der Waals surface area contributed by atoms with Crippen LogP contribution in [0.2, 0.25) is 0 Å². The number of ether oxygens (including phenoxy) is 1. The predicted molar refractivity (Wildman–Crippen MR) is 78.3 cm³/mol. The van der Waals surface area contributed by atoms with Crippen LogP contribution < -0.4 is 11.3 Å². The van der Waals surface area contributed by atoms with Gasteiger partial charge in [0, 0.05) is 51.1 Å². The van der Waals surface area contributed by atoms with Crippen LogP contribution in [0.25, 0.3) is 0 Å². The van der Waals surface area contributed by atoms with Crippen molar-refractivity contribution < 1.29 is 4.74 Å². The van der Waals surface area contributed by atoms with Gasteiger partial charge in [-0.3, -0.25) is 9.69 Å². The maximum Gasteiger partial charge on any atom is 0.250 e. The quantitative estimate of drug-likeness (QED) is 0.718. The number of hydrogen-bond donors (Lipinski definition) is 1. The number of methoxy groups -OCH3 is 1. The summed E-state index contributed by atoms with van der Waals surface area (Å²) in [6, 6.07) is 5.23. The summed E-state index contributed by atoms with van der Waals surface area (Å²) in [5, 5.41) is 8.64. The van der Waals surface area contributed by atoms with Crippen LogP contribution >= 0.6 is 0 Å². The van der Waals surface area contributed by atoms with Gasteiger partial charge in [0.25, 0.3) is 5.56 Å². The van der Waals surface area contributed by atoms with Gasteiger partial charge in [-0.25, -0.2) is 0 Å². The summed E-state index contributed by atoms with van der Waals surface area (Å²) in [5.41, 5.74) is 6.21. The lowest BCUT2D eigenvalue weighted by Gasteiger charge is -2.20. The molecule has 0 bridgehead atoms. The molecule has 0 aliphatic carbocycles. The average molecular weight is 278 g/mol. The maximum absolute atomic E-state index is 11.6. The Labute approximate surface area is 119 Å². The molecule has 2 N–H and O–H groups in total. The Kier molecular flexibility index (Phi) is 7.40. The molecule has 110 valence electrons. The predicted octanol–water partition coefficient (Wildman–Crippen LogP) is 0.683. The SMILES string of the molecule is COCCN(CCC#N)CCCn1cc(N)ccc1=O. The molecule has 0 saturated heterocycles. The van der Waals surface area contributed by atoms with Crippen LogP contribution in [0.1, 0.15) is 12.8 Å². The average Bonchev–Trinajstić information content (AvgIpc) is 2.45. The van der Waals surface area contributed by atoms with Crippen molar-refractivity contribution in [2.75, 3.05) is 39.1 Å². The fourth-order valence-corrected chi connectivity index (χ4v) is 1.95. The fraction of sp³-hybridized carbons (Fsp3) is 0.571. The van der Waals surface area contributed by atoms with Crippen LogP contribution in [0.3, 0.4) is 0 Å². The number of pyridine rings is 1. The largest absolute Gasteiger partial charge is 0.398 e. The Balaban J connectivity index is 2.44. The van der Waals surface area contributed by atoms with E-state index >= 15 is 0 Å². The number of hydrogen-bond acceptors (Lipinski definition) is 5. The van der Waals surface area contributed by atoms with Crippen molar-refractivity contribution in [2.45, 2.75) is 19.4 Å². The minimum absolute atomic E-state index is 0.0420. The first-order chi connectivity index (χ1) is 9.67. The first-order valence-corrected chi connectivity index (χ1v) is 6.71. The lowest BCUT2D eigenvalue weighted by atomic mass is 10.3. The van der Waals surface area contributed by atoms with E-state index in [1.807, 2.05) is 0 Å². The summed E-state index contributed by atoms with van der Waals surface area (Å²) in [4.78, 5) is 13.8. The number of aryl methyl sites for hydroxylation is 1. The minimum Gasteiger partial charge on any atom is -0.398 e. The molecule has 0 aliphatic heterocycles. The van der Waals surface area contributed by atoms with Gasteiger partial charge in [-0.1, -0.05) is 0 Å². The van der Waals surface area contributed by atoms with Crippen molar-refractivity contribution >= 4 is 5.69 Å². The lowest BCUT2D eigenvalue weighted by molar-refractivity contribution is 0.147. The molecule has 1 aromatic rings. The molecule has 0 fully saturated rings. The topological polar surface area (TPSA) is 84.3 Å². The second kappa shape index (κ2) is 9.13. The molecule has 0 atom stereocenters. The summed E-state index contributed by atoms with van der Waals surface area (Å²) in [5.74, 6) is 0. The Morgan fingerprint density at radius 2 is 2.20 bits per heavy atom. The molecule has 0 aliphatic rings. The second-order valence-electron chi connectivity index (χ2n) is 4.59. The number of nitrogens with zero attached hydrogens (tertiary/aromatic N) is 3. The van der Waals surface area contributed by atoms with Gasteiger partial charge in [0.05, 0.1) is 12.7 Å². The molecule has 20 heavy (non-hydrogen) atoms. The standard InChI is InChI=1S/C14H22N4O2/c1-20-11-10-17(7-2-6-15)8-3-9-18-12-13(16)4-5-14(18)19/h4-5,12H,2-3,7-11,16H2,1H3. The van der Waals surface area contributed by atoms with Crippen molar-refractivity contribution in [2.24, 2.45) is 0 Å². The first kappa shape index (κ1) is 16.2. The Morgan fingerprint density at radius 1 is 1.40 bits per heavy atom. The fourth-order valence-electron chi connectivity index (χ4n) is 1.95. The third kappa shape index (κ3) is 5.87. The van der Waals surface area contributed by atoms with Crippen LogP contribution in [-0.4, -0.2) is 42.8 Å². The number of nitriles is 1. The summed E-state index contributed by atoms with van der Waals surface area (Å²) < 4.78 is 6.67. The third-order valence-electron chi connectivity index (χ3n) is 3.03. The zero-order chi connectivity index (χ0) is 14.8. The van der Waals surface area contributed by atoms with Crippen molar-refractivity contribution in [3.05, 3.63) is 28.7 Å². The molecule has 0 radical (unpaired) electrons. The summed E-state index contributed by atoms with van der Waals surface area (Å²) in [6.07, 6.45) is 3.00. The first-order valence-electron chi connectivity index (χ1n) is 6.71. The normalized spacial score (nSPS) is 10.7. The molecular formula is C14H22N4O2. The van der Waals surface area contributed by atoms with Gasteiger partial charge in [0.15, 0.2) is 0 Å². The van der Waals surface area contributed by atoms with Crippen LogP contribution in [0, 0.1) is 11.3 Å². The van der Waals surface area contributed by atoms with E-state index in [2.05, 4.69) is 11.0 Å². The van der Waals surface area contributed by atoms with E-state index in [9.17, 15) is 4.79 Å². The molecule has 6 nitrogen and oxygen atoms in total. The lowest BCUT2D eigenvalue weighted by Crippen LogP contribution is -2.31. The van der Waals surface area contributed by atoms with E-state index in [4.69, 9.17) is 15.7 Å². The van der Waals surface area contributed by atoms with Crippen molar-refractivity contribution in [1.82, 2.24) is 9.47 Å². The number of rotatable bonds is 9. The molecule has 0 aromatic carbocycles. The molecule has 1 heterocycles. The summed E-state index contributed by atoms with van der Waals surface area (Å²) in [6.45, 7) is 3.62.